The molecule has 5 nitrogen and oxygen atoms in total. The first-order valence-electron chi connectivity index (χ1n) is 6.63. The van der Waals surface area contributed by atoms with Crippen molar-refractivity contribution < 1.29 is 19.1 Å². The molecule has 0 aliphatic heterocycles. The standard InChI is InChI=1S/C16H17NO4/c1-11-5-3-4-6-14(11)17(8-7-15(18)19)16(20)13-9-12(2)21-10-13/h3-6,9-10H,7-8H2,1-2H3,(H,18,19). The van der Waals surface area contributed by atoms with Gasteiger partial charge in [-0.2, -0.15) is 0 Å². The normalized spacial score (nSPS) is 10.4. The van der Waals surface area contributed by atoms with Crippen molar-refractivity contribution in [3.63, 3.8) is 0 Å². The molecule has 0 fully saturated rings. The number of anilines is 1. The Morgan fingerprint density at radius 3 is 2.52 bits per heavy atom. The fourth-order valence-corrected chi connectivity index (χ4v) is 2.12. The summed E-state index contributed by atoms with van der Waals surface area (Å²) >= 11 is 0. The largest absolute Gasteiger partial charge is 0.481 e. The highest BCUT2D eigenvalue weighted by molar-refractivity contribution is 6.06. The van der Waals surface area contributed by atoms with Crippen molar-refractivity contribution in [1.29, 1.82) is 0 Å². The van der Waals surface area contributed by atoms with Crippen LogP contribution in [-0.2, 0) is 4.79 Å². The number of hydrogen-bond donors (Lipinski definition) is 1. The van der Waals surface area contributed by atoms with Crippen LogP contribution in [0, 0.1) is 13.8 Å². The number of furan rings is 1. The minimum atomic E-state index is -0.940. The first kappa shape index (κ1) is 14.8. The van der Waals surface area contributed by atoms with Crippen LogP contribution in [0.15, 0.2) is 41.0 Å². The molecule has 0 unspecified atom stereocenters. The minimum Gasteiger partial charge on any atom is -0.481 e. The van der Waals surface area contributed by atoms with E-state index < -0.39 is 5.97 Å². The van der Waals surface area contributed by atoms with E-state index in [1.165, 1.54) is 11.2 Å². The molecule has 1 aromatic carbocycles. The highest BCUT2D eigenvalue weighted by Crippen LogP contribution is 2.22. The van der Waals surface area contributed by atoms with Crippen LogP contribution in [0.4, 0.5) is 5.69 Å². The van der Waals surface area contributed by atoms with E-state index in [0.29, 0.717) is 17.0 Å². The first-order valence-corrected chi connectivity index (χ1v) is 6.63. The van der Waals surface area contributed by atoms with E-state index in [0.717, 1.165) is 5.56 Å². The number of benzene rings is 1. The molecule has 5 heteroatoms. The van der Waals surface area contributed by atoms with Gasteiger partial charge in [0.25, 0.3) is 5.91 Å². The van der Waals surface area contributed by atoms with Crippen molar-refractivity contribution in [3.8, 4) is 0 Å². The Morgan fingerprint density at radius 1 is 1.24 bits per heavy atom. The zero-order valence-electron chi connectivity index (χ0n) is 12.0. The monoisotopic (exact) mass is 287 g/mol. The van der Waals surface area contributed by atoms with Crippen molar-refractivity contribution >= 4 is 17.6 Å². The Hall–Kier alpha value is -2.56. The highest BCUT2D eigenvalue weighted by Gasteiger charge is 2.21. The van der Waals surface area contributed by atoms with E-state index in [1.807, 2.05) is 31.2 Å². The number of carbonyl (C=O) groups is 2. The molecule has 0 atom stereocenters. The predicted octanol–water partition coefficient (Wildman–Crippen LogP) is 3.02. The van der Waals surface area contributed by atoms with Gasteiger partial charge in [-0.1, -0.05) is 18.2 Å². The van der Waals surface area contributed by atoms with E-state index in [9.17, 15) is 9.59 Å². The molecule has 0 spiro atoms. The van der Waals surface area contributed by atoms with Crippen LogP contribution in [0.5, 0.6) is 0 Å². The van der Waals surface area contributed by atoms with Crippen molar-refractivity contribution in [3.05, 3.63) is 53.5 Å². The number of hydrogen-bond acceptors (Lipinski definition) is 3. The molecular formula is C16H17NO4. The summed E-state index contributed by atoms with van der Waals surface area (Å²) in [6, 6.07) is 9.04. The molecule has 1 heterocycles. The number of nitrogens with zero attached hydrogens (tertiary/aromatic N) is 1. The van der Waals surface area contributed by atoms with Gasteiger partial charge in [0, 0.05) is 12.2 Å². The lowest BCUT2D eigenvalue weighted by molar-refractivity contribution is -0.136. The fraction of sp³-hybridized carbons (Fsp3) is 0.250. The number of aliphatic carboxylic acids is 1. The molecular weight excluding hydrogens is 270 g/mol. The van der Waals surface area contributed by atoms with E-state index in [-0.39, 0.29) is 18.9 Å². The van der Waals surface area contributed by atoms with E-state index in [1.54, 1.807) is 13.0 Å². The summed E-state index contributed by atoms with van der Waals surface area (Å²) < 4.78 is 5.16. The molecule has 1 N–H and O–H groups in total. The molecule has 0 bridgehead atoms. The average Bonchev–Trinajstić information content (AvgIpc) is 2.87. The Morgan fingerprint density at radius 2 is 1.95 bits per heavy atom. The summed E-state index contributed by atoms with van der Waals surface area (Å²) in [5.74, 6) is -0.562. The molecule has 0 saturated carbocycles. The highest BCUT2D eigenvalue weighted by atomic mass is 16.4. The fourth-order valence-electron chi connectivity index (χ4n) is 2.12. The van der Waals surface area contributed by atoms with Gasteiger partial charge < -0.3 is 14.4 Å². The van der Waals surface area contributed by atoms with Crippen LogP contribution in [0.2, 0.25) is 0 Å². The van der Waals surface area contributed by atoms with Crippen molar-refractivity contribution in [2.24, 2.45) is 0 Å². The lowest BCUT2D eigenvalue weighted by Crippen LogP contribution is -2.33. The van der Waals surface area contributed by atoms with Gasteiger partial charge in [-0.05, 0) is 31.5 Å². The minimum absolute atomic E-state index is 0.114. The van der Waals surface area contributed by atoms with Crippen LogP contribution in [-0.4, -0.2) is 23.5 Å². The Labute approximate surface area is 122 Å². The molecule has 1 aromatic heterocycles. The van der Waals surface area contributed by atoms with Crippen molar-refractivity contribution in [2.45, 2.75) is 20.3 Å². The lowest BCUT2D eigenvalue weighted by atomic mass is 10.1. The molecule has 0 saturated heterocycles. The second-order valence-corrected chi connectivity index (χ2v) is 4.83. The quantitative estimate of drug-likeness (QED) is 0.917. The second-order valence-electron chi connectivity index (χ2n) is 4.83. The second kappa shape index (κ2) is 6.26. The number of carbonyl (C=O) groups excluding carboxylic acids is 1. The van der Waals surface area contributed by atoms with E-state index in [2.05, 4.69) is 0 Å². The van der Waals surface area contributed by atoms with Gasteiger partial charge in [0.2, 0.25) is 0 Å². The third-order valence-corrected chi connectivity index (χ3v) is 3.18. The Balaban J connectivity index is 2.34. The Bertz CT molecular complexity index is 660. The zero-order chi connectivity index (χ0) is 15.4. The number of carboxylic acid groups (broad SMARTS) is 1. The van der Waals surface area contributed by atoms with Gasteiger partial charge in [0.05, 0.1) is 12.0 Å². The van der Waals surface area contributed by atoms with Crippen LogP contribution >= 0.6 is 0 Å². The van der Waals surface area contributed by atoms with Crippen molar-refractivity contribution in [2.75, 3.05) is 11.4 Å². The van der Waals surface area contributed by atoms with Gasteiger partial charge in [-0.3, -0.25) is 9.59 Å². The third kappa shape index (κ3) is 3.51. The van der Waals surface area contributed by atoms with Gasteiger partial charge in [-0.25, -0.2) is 0 Å². The summed E-state index contributed by atoms with van der Waals surface area (Å²) in [6.07, 6.45) is 1.28. The van der Waals surface area contributed by atoms with Crippen LogP contribution < -0.4 is 4.90 Å². The number of para-hydroxylation sites is 1. The van der Waals surface area contributed by atoms with Gasteiger partial charge in [-0.15, -0.1) is 0 Å². The topological polar surface area (TPSA) is 70.8 Å². The smallest absolute Gasteiger partial charge is 0.305 e. The molecule has 110 valence electrons. The van der Waals surface area contributed by atoms with Crippen molar-refractivity contribution in [1.82, 2.24) is 0 Å². The number of aryl methyl sites for hydroxylation is 2. The molecule has 0 radical (unpaired) electrons. The Kier molecular flexibility index (Phi) is 4.42. The van der Waals surface area contributed by atoms with Crippen LogP contribution in [0.25, 0.3) is 0 Å². The summed E-state index contributed by atoms with van der Waals surface area (Å²) in [5.41, 5.74) is 2.04. The maximum atomic E-state index is 12.6. The summed E-state index contributed by atoms with van der Waals surface area (Å²) in [5, 5.41) is 8.88. The summed E-state index contributed by atoms with van der Waals surface area (Å²) in [4.78, 5) is 24.9. The number of rotatable bonds is 5. The first-order chi connectivity index (χ1) is 9.99. The van der Waals surface area contributed by atoms with E-state index >= 15 is 0 Å². The maximum Gasteiger partial charge on any atom is 0.305 e. The molecule has 0 aliphatic rings. The molecule has 1 amide bonds. The van der Waals surface area contributed by atoms with Crippen LogP contribution in [0.1, 0.15) is 28.1 Å². The third-order valence-electron chi connectivity index (χ3n) is 3.18. The summed E-state index contributed by atoms with van der Waals surface area (Å²) in [6.45, 7) is 3.76. The lowest BCUT2D eigenvalue weighted by Gasteiger charge is -2.23. The number of amides is 1. The number of carboxylic acids is 1. The molecule has 2 rings (SSSR count). The van der Waals surface area contributed by atoms with Gasteiger partial charge >= 0.3 is 5.97 Å². The molecule has 2 aromatic rings. The summed E-state index contributed by atoms with van der Waals surface area (Å²) in [7, 11) is 0. The average molecular weight is 287 g/mol. The zero-order valence-corrected chi connectivity index (χ0v) is 12.0. The van der Waals surface area contributed by atoms with Gasteiger partial charge in [0.15, 0.2) is 0 Å². The maximum absolute atomic E-state index is 12.6. The van der Waals surface area contributed by atoms with Crippen LogP contribution in [0.3, 0.4) is 0 Å². The SMILES string of the molecule is Cc1cc(C(=O)N(CCC(=O)O)c2ccccc2C)co1. The van der Waals surface area contributed by atoms with Gasteiger partial charge in [0.1, 0.15) is 12.0 Å². The molecule has 0 aliphatic carbocycles. The predicted molar refractivity (Wildman–Crippen MR) is 78.6 cm³/mol. The molecule has 21 heavy (non-hydrogen) atoms. The van der Waals surface area contributed by atoms with E-state index in [4.69, 9.17) is 9.52 Å².